The van der Waals surface area contributed by atoms with E-state index in [1.807, 2.05) is 48.5 Å². The highest BCUT2D eigenvalue weighted by atomic mass is 16.3. The molecule has 9 heteroatoms. The molecule has 2 aliphatic carbocycles. The minimum absolute atomic E-state index is 0.0227. The van der Waals surface area contributed by atoms with Crippen molar-refractivity contribution in [2.75, 3.05) is 31.1 Å². The molecule has 0 spiro atoms. The first-order valence-corrected chi connectivity index (χ1v) is 29.3. The van der Waals surface area contributed by atoms with Gasteiger partial charge < -0.3 is 30.4 Å². The second-order valence-electron chi connectivity index (χ2n) is 21.3. The minimum Gasteiger partial charge on any atom is -0.872 e. The van der Waals surface area contributed by atoms with Crippen LogP contribution in [0.3, 0.4) is 0 Å². The molecule has 0 fully saturated rings. The third kappa shape index (κ3) is 12.6. The van der Waals surface area contributed by atoms with E-state index in [-0.39, 0.29) is 56.6 Å². The Bertz CT molecular complexity index is 2870. The van der Waals surface area contributed by atoms with Crippen molar-refractivity contribution in [2.45, 2.75) is 182 Å². The zero-order valence-corrected chi connectivity index (χ0v) is 46.2. The minimum atomic E-state index is -0.526. The van der Waals surface area contributed by atoms with E-state index in [1.165, 1.54) is 77.0 Å². The number of phenols is 4. The average molecular weight is 1030 g/mol. The van der Waals surface area contributed by atoms with Crippen LogP contribution in [0.2, 0.25) is 0 Å². The van der Waals surface area contributed by atoms with Crippen LogP contribution in [0.5, 0.6) is 23.0 Å². The molecule has 7 rings (SSSR count). The summed E-state index contributed by atoms with van der Waals surface area (Å²) in [5, 5.41) is 77.7. The van der Waals surface area contributed by atoms with Crippen molar-refractivity contribution in [2.24, 2.45) is 0 Å². The van der Waals surface area contributed by atoms with Gasteiger partial charge in [-0.1, -0.05) is 185 Å². The van der Waals surface area contributed by atoms with Crippen LogP contribution in [0.4, 0.5) is 5.69 Å². The van der Waals surface area contributed by atoms with Gasteiger partial charge in [-0.2, -0.15) is 0 Å². The highest BCUT2D eigenvalue weighted by molar-refractivity contribution is 6.27. The Balaban J connectivity index is 1.48. The topological polar surface area (TPSA) is 138 Å². The molecule has 4 N–H and O–H groups in total. The molecule has 5 aromatic rings. The Morgan fingerprint density at radius 1 is 0.513 bits per heavy atom. The summed E-state index contributed by atoms with van der Waals surface area (Å²) in [6.45, 7) is 20.4. The number of fused-ring (bicyclic) bond motifs is 4. The van der Waals surface area contributed by atoms with Gasteiger partial charge in [-0.15, -0.1) is 0 Å². The quantitative estimate of drug-likeness (QED) is 0.0116. The number of allylic oxidation sites excluding steroid dienone is 3. The predicted octanol–water partition coefficient (Wildman–Crippen LogP) is 16.5. The number of benzene rings is 5. The van der Waals surface area contributed by atoms with Crippen LogP contribution >= 0.6 is 0 Å². The summed E-state index contributed by atoms with van der Waals surface area (Å²) in [4.78, 5) is 6.17. The maximum Gasteiger partial charge on any atom is 0.270 e. The van der Waals surface area contributed by atoms with Crippen LogP contribution in [0.1, 0.15) is 210 Å². The van der Waals surface area contributed by atoms with E-state index in [0.717, 1.165) is 115 Å². The molecule has 5 aromatic carbocycles. The molecule has 0 unspecified atom stereocenters. The number of aromatic hydroxyl groups is 4. The highest BCUT2D eigenvalue weighted by Crippen LogP contribution is 2.59. The van der Waals surface area contributed by atoms with Gasteiger partial charge in [0.25, 0.3) is 5.70 Å². The molecule has 0 bridgehead atoms. The van der Waals surface area contributed by atoms with Gasteiger partial charge in [0.05, 0.1) is 29.5 Å². The lowest BCUT2D eigenvalue weighted by molar-refractivity contribution is -0.528. The van der Waals surface area contributed by atoms with E-state index in [0.29, 0.717) is 43.8 Å². The third-order valence-corrected chi connectivity index (χ3v) is 15.9. The van der Waals surface area contributed by atoms with Crippen LogP contribution in [0, 0.1) is 17.9 Å². The van der Waals surface area contributed by atoms with Crippen molar-refractivity contribution in [3.8, 4) is 29.1 Å². The van der Waals surface area contributed by atoms with Crippen molar-refractivity contribution in [1.82, 2.24) is 0 Å². The van der Waals surface area contributed by atoms with Gasteiger partial charge in [0.1, 0.15) is 36.1 Å². The molecule has 0 radical (unpaired) electrons. The van der Waals surface area contributed by atoms with Crippen molar-refractivity contribution < 1.29 is 30.1 Å². The fourth-order valence-electron chi connectivity index (χ4n) is 12.0. The van der Waals surface area contributed by atoms with E-state index >= 15 is 5.11 Å². The Hall–Kier alpha value is -6.71. The number of unbranched alkanes of at least 4 members (excludes halogenated alkanes) is 20. The molecular weight excluding hydrogens is 941 g/mol. The molecule has 0 aromatic heterocycles. The van der Waals surface area contributed by atoms with Crippen molar-refractivity contribution in [1.29, 1.82) is 5.26 Å². The number of nitrogens with zero attached hydrogens (tertiary/aromatic N) is 4. The zero-order valence-electron chi connectivity index (χ0n) is 46.2. The summed E-state index contributed by atoms with van der Waals surface area (Å²) in [6, 6.07) is 23.5. The average Bonchev–Trinajstić information content (AvgIpc) is 3.48. The number of hydrogen-bond acceptors (Lipinski definition) is 7. The molecule has 9 nitrogen and oxygen atoms in total. The van der Waals surface area contributed by atoms with Gasteiger partial charge in [-0.05, 0) is 73.2 Å². The maximum absolute atomic E-state index is 15.9. The van der Waals surface area contributed by atoms with Crippen LogP contribution in [0.25, 0.3) is 37.5 Å². The van der Waals surface area contributed by atoms with Gasteiger partial charge in [-0.3, -0.25) is 0 Å². The first-order chi connectivity index (χ1) is 37.2. The maximum atomic E-state index is 15.9. The SMILES string of the molecule is [C-]#[N+]/C(C#N)=C1\C(=C2c3c(O)cccc3C(=[N+](CCCCCCCC)CCCCCCCC)c3cccc(O)c32)C([O-])=C1c1c2c(O)cccc2c(N(CCCCCCCC)CCCCCCCC)c2cccc(O)c12. The molecule has 0 saturated carbocycles. The Kier molecular flexibility index (Phi) is 21.3. The second kappa shape index (κ2) is 28.4. The molecule has 402 valence electrons. The van der Waals surface area contributed by atoms with Crippen molar-refractivity contribution in [3.63, 3.8) is 0 Å². The fourth-order valence-corrected chi connectivity index (χ4v) is 12.0. The van der Waals surface area contributed by atoms with Crippen LogP contribution < -0.4 is 10.0 Å². The normalized spacial score (nSPS) is 13.7. The van der Waals surface area contributed by atoms with Crippen molar-refractivity contribution in [3.05, 3.63) is 135 Å². The summed E-state index contributed by atoms with van der Waals surface area (Å²) < 4.78 is 2.40. The predicted molar refractivity (Wildman–Crippen MR) is 312 cm³/mol. The largest absolute Gasteiger partial charge is 0.872 e. The monoisotopic (exact) mass is 1020 g/mol. The Morgan fingerprint density at radius 3 is 1.33 bits per heavy atom. The molecule has 2 aliphatic rings. The van der Waals surface area contributed by atoms with Crippen LogP contribution in [-0.2, 0) is 0 Å². The van der Waals surface area contributed by atoms with Gasteiger partial charge >= 0.3 is 0 Å². The zero-order chi connectivity index (χ0) is 54.0. The second-order valence-corrected chi connectivity index (χ2v) is 21.3. The van der Waals surface area contributed by atoms with E-state index in [1.54, 1.807) is 24.3 Å². The molecule has 0 saturated heterocycles. The molecule has 0 amide bonds. The van der Waals surface area contributed by atoms with Gasteiger partial charge in [0.15, 0.2) is 0 Å². The van der Waals surface area contributed by atoms with E-state index in [4.69, 9.17) is 6.57 Å². The molecular formula is C67H84N4O5. The third-order valence-electron chi connectivity index (χ3n) is 15.9. The molecule has 0 heterocycles. The van der Waals surface area contributed by atoms with E-state index < -0.39 is 5.76 Å². The number of nitriles is 1. The summed E-state index contributed by atoms with van der Waals surface area (Å²) in [5.41, 5.74) is 4.06. The Morgan fingerprint density at radius 2 is 0.908 bits per heavy atom. The lowest BCUT2D eigenvalue weighted by Gasteiger charge is -2.41. The number of phenolic OH excluding ortho intramolecular Hbond substituents is 4. The Labute approximate surface area is 454 Å². The first kappa shape index (κ1) is 57.0. The summed E-state index contributed by atoms with van der Waals surface area (Å²) in [6.07, 6.45) is 27.1. The lowest BCUT2D eigenvalue weighted by Crippen LogP contribution is -2.31. The molecule has 0 atom stereocenters. The summed E-state index contributed by atoms with van der Waals surface area (Å²) in [5.74, 6) is -0.919. The van der Waals surface area contributed by atoms with Gasteiger partial charge in [-0.25, -0.2) is 14.7 Å². The fraction of sp³-hybridized carbons (Fsp3) is 0.478. The summed E-state index contributed by atoms with van der Waals surface area (Å²) in [7, 11) is 0. The molecule has 0 aliphatic heterocycles. The molecule has 76 heavy (non-hydrogen) atoms. The van der Waals surface area contributed by atoms with E-state index in [9.17, 15) is 25.7 Å². The number of anilines is 1. The van der Waals surface area contributed by atoms with Crippen LogP contribution in [-0.4, -0.2) is 56.9 Å². The summed E-state index contributed by atoms with van der Waals surface area (Å²) >= 11 is 0. The smallest absolute Gasteiger partial charge is 0.270 e. The lowest BCUT2D eigenvalue weighted by atomic mass is 9.68. The first-order valence-electron chi connectivity index (χ1n) is 29.3. The van der Waals surface area contributed by atoms with E-state index in [2.05, 4.69) is 48.1 Å². The number of rotatable bonds is 30. The van der Waals surface area contributed by atoms with Crippen molar-refractivity contribution >= 4 is 44.1 Å². The standard InChI is InChI=1S/C67H84N4O5/c1-6-10-14-18-22-26-42-70(43-27-23-19-15-11-7-2)65-47-34-30-38-52(72)56(47)61(57-48(65)35-31-39-53(57)73)63-60(51(46-68)69-5)64(67(63)76)62-58-49(36-32-40-54(58)74)66(50-37-33-41-55(75)59(50)62)71(44-28-24-20-16-12-8-3)45-29-25-21-17-13-9-4/h30-41H,6-29,42-45H2,1-4H3,(H4-,72,73,74,75,76). The number of hydrogen-bond donors (Lipinski definition) is 4. The van der Waals surface area contributed by atoms with Crippen LogP contribution in [0.15, 0.2) is 95.4 Å². The van der Waals surface area contributed by atoms with Gasteiger partial charge in [0.2, 0.25) is 5.71 Å². The highest BCUT2D eigenvalue weighted by Gasteiger charge is 2.42. The van der Waals surface area contributed by atoms with Gasteiger partial charge in [0, 0.05) is 75.3 Å².